The molecular formula is C37H30N8O3. The van der Waals surface area contributed by atoms with E-state index in [1.54, 1.807) is 48.3 Å². The molecule has 11 heteroatoms. The number of nitrogens with two attached hydrogens (primary N) is 1. The molecule has 48 heavy (non-hydrogen) atoms. The summed E-state index contributed by atoms with van der Waals surface area (Å²) in [5.41, 5.74) is 13.5. The van der Waals surface area contributed by atoms with E-state index in [0.717, 1.165) is 28.0 Å². The Labute approximate surface area is 275 Å². The van der Waals surface area contributed by atoms with Crippen LogP contribution in [0.2, 0.25) is 0 Å². The summed E-state index contributed by atoms with van der Waals surface area (Å²) in [4.78, 5) is 39.1. The summed E-state index contributed by atoms with van der Waals surface area (Å²) < 4.78 is 8.56. The fourth-order valence-electron chi connectivity index (χ4n) is 5.36. The summed E-state index contributed by atoms with van der Waals surface area (Å²) in [6.07, 6.45) is 4.69. The SMILES string of the molecule is CCOC(=O)c1cnn(-c2ccc(C(=O)NCc3ccc(-n4c(-c5cccnc5N)nc5ccc(-c6ccccc6)nc54)cc3)cc2)c1. The maximum Gasteiger partial charge on any atom is 0.341 e. The standard InChI is InChI=1S/C37H30N8O3/c1-2-48-37(47)27-22-41-44(23-27)28-16-12-26(13-17-28)36(46)40-21-24-10-14-29(15-11-24)45-34(30-9-6-20-39-33(30)38)43-32-19-18-31(42-35(32)45)25-7-4-3-5-8-25/h3-20,22-23H,2,21H2,1H3,(H2,38,39)(H,40,46). The van der Waals surface area contributed by atoms with Crippen molar-refractivity contribution in [2.75, 3.05) is 12.3 Å². The molecule has 236 valence electrons. The Hall–Kier alpha value is -6.62. The zero-order valence-corrected chi connectivity index (χ0v) is 25.9. The van der Waals surface area contributed by atoms with Gasteiger partial charge in [-0.15, -0.1) is 0 Å². The van der Waals surface area contributed by atoms with Crippen LogP contribution in [0.3, 0.4) is 0 Å². The van der Waals surface area contributed by atoms with E-state index >= 15 is 0 Å². The number of rotatable bonds is 9. The van der Waals surface area contributed by atoms with Crippen molar-refractivity contribution in [1.82, 2.24) is 34.6 Å². The van der Waals surface area contributed by atoms with Gasteiger partial charge in [0.2, 0.25) is 0 Å². The number of pyridine rings is 2. The van der Waals surface area contributed by atoms with Crippen molar-refractivity contribution in [3.63, 3.8) is 0 Å². The lowest BCUT2D eigenvalue weighted by Crippen LogP contribution is -2.22. The van der Waals surface area contributed by atoms with Gasteiger partial charge in [-0.25, -0.2) is 24.4 Å². The Balaban J connectivity index is 1.11. The van der Waals surface area contributed by atoms with Crippen molar-refractivity contribution in [1.29, 1.82) is 0 Å². The summed E-state index contributed by atoms with van der Waals surface area (Å²) >= 11 is 0. The molecule has 0 unspecified atom stereocenters. The molecular weight excluding hydrogens is 604 g/mol. The van der Waals surface area contributed by atoms with E-state index in [1.165, 1.54) is 6.20 Å². The second kappa shape index (κ2) is 13.0. The summed E-state index contributed by atoms with van der Waals surface area (Å²) in [5, 5.41) is 7.21. The number of ether oxygens (including phenoxy) is 1. The molecule has 0 aliphatic carbocycles. The zero-order valence-electron chi connectivity index (χ0n) is 25.9. The van der Waals surface area contributed by atoms with E-state index in [4.69, 9.17) is 20.4 Å². The van der Waals surface area contributed by atoms with E-state index in [1.807, 2.05) is 83.4 Å². The highest BCUT2D eigenvalue weighted by atomic mass is 16.5. The number of amides is 1. The average molecular weight is 635 g/mol. The highest BCUT2D eigenvalue weighted by Crippen LogP contribution is 2.31. The fourth-order valence-corrected chi connectivity index (χ4v) is 5.36. The van der Waals surface area contributed by atoms with Gasteiger partial charge in [-0.05, 0) is 73.2 Å². The normalized spacial score (nSPS) is 11.0. The van der Waals surface area contributed by atoms with Crippen LogP contribution in [0.4, 0.5) is 5.82 Å². The van der Waals surface area contributed by atoms with E-state index in [0.29, 0.717) is 46.2 Å². The minimum absolute atomic E-state index is 0.217. The van der Waals surface area contributed by atoms with Gasteiger partial charge in [-0.1, -0.05) is 42.5 Å². The predicted octanol–water partition coefficient (Wildman–Crippen LogP) is 6.02. The van der Waals surface area contributed by atoms with Gasteiger partial charge in [0.1, 0.15) is 11.3 Å². The third-order valence-corrected chi connectivity index (χ3v) is 7.79. The van der Waals surface area contributed by atoms with Gasteiger partial charge in [0, 0.05) is 35.8 Å². The first-order valence-corrected chi connectivity index (χ1v) is 15.3. The first-order valence-electron chi connectivity index (χ1n) is 15.3. The molecule has 4 aromatic heterocycles. The van der Waals surface area contributed by atoms with Gasteiger partial charge in [-0.3, -0.25) is 9.36 Å². The van der Waals surface area contributed by atoms with Crippen LogP contribution in [-0.2, 0) is 11.3 Å². The largest absolute Gasteiger partial charge is 0.462 e. The molecule has 0 saturated carbocycles. The lowest BCUT2D eigenvalue weighted by Gasteiger charge is -2.12. The first-order chi connectivity index (χ1) is 23.5. The summed E-state index contributed by atoms with van der Waals surface area (Å²) in [6, 6.07) is 32.5. The molecule has 11 nitrogen and oxygen atoms in total. The molecule has 3 N–H and O–H groups in total. The molecule has 7 rings (SSSR count). The highest BCUT2D eigenvalue weighted by molar-refractivity contribution is 5.94. The number of benzene rings is 3. The van der Waals surface area contributed by atoms with Crippen LogP contribution >= 0.6 is 0 Å². The van der Waals surface area contributed by atoms with Crippen LogP contribution in [0, 0.1) is 0 Å². The average Bonchev–Trinajstić information content (AvgIpc) is 3.77. The number of nitrogens with one attached hydrogen (secondary N) is 1. The topological polar surface area (TPSA) is 143 Å². The molecule has 0 aliphatic rings. The second-order valence-electron chi connectivity index (χ2n) is 10.9. The number of imidazole rings is 1. The minimum Gasteiger partial charge on any atom is -0.462 e. The van der Waals surface area contributed by atoms with Crippen LogP contribution in [0.1, 0.15) is 33.2 Å². The van der Waals surface area contributed by atoms with Crippen LogP contribution in [0.15, 0.2) is 122 Å². The van der Waals surface area contributed by atoms with E-state index < -0.39 is 5.97 Å². The lowest BCUT2D eigenvalue weighted by molar-refractivity contribution is 0.0526. The molecule has 0 saturated heterocycles. The number of hydrogen-bond acceptors (Lipinski definition) is 8. The second-order valence-corrected chi connectivity index (χ2v) is 10.9. The molecule has 0 aliphatic heterocycles. The molecule has 0 radical (unpaired) electrons. The van der Waals surface area contributed by atoms with E-state index in [-0.39, 0.29) is 12.5 Å². The number of aromatic nitrogens is 6. The van der Waals surface area contributed by atoms with E-state index in [2.05, 4.69) is 15.4 Å². The number of anilines is 1. The van der Waals surface area contributed by atoms with Gasteiger partial charge in [0.05, 0.1) is 35.3 Å². The van der Waals surface area contributed by atoms with Crippen LogP contribution in [-0.4, -0.2) is 47.8 Å². The number of esters is 1. The van der Waals surface area contributed by atoms with Gasteiger partial charge in [-0.2, -0.15) is 5.10 Å². The fraction of sp³-hybridized carbons (Fsp3) is 0.0811. The Morgan fingerprint density at radius 1 is 0.833 bits per heavy atom. The molecule has 0 atom stereocenters. The monoisotopic (exact) mass is 634 g/mol. The van der Waals surface area contributed by atoms with Gasteiger partial charge in [0.15, 0.2) is 11.5 Å². The molecule has 1 amide bonds. The van der Waals surface area contributed by atoms with Crippen molar-refractivity contribution in [3.8, 4) is 34.0 Å². The number of carbonyl (C=O) groups is 2. The van der Waals surface area contributed by atoms with Crippen LogP contribution < -0.4 is 11.1 Å². The van der Waals surface area contributed by atoms with Gasteiger partial charge >= 0.3 is 5.97 Å². The molecule has 3 aromatic carbocycles. The number of nitrogen functional groups attached to an aromatic ring is 1. The molecule has 4 heterocycles. The predicted molar refractivity (Wildman–Crippen MR) is 183 cm³/mol. The lowest BCUT2D eigenvalue weighted by atomic mass is 10.1. The summed E-state index contributed by atoms with van der Waals surface area (Å²) in [7, 11) is 0. The maximum atomic E-state index is 13.0. The number of nitrogens with zero attached hydrogens (tertiary/aromatic N) is 6. The first kappa shape index (κ1) is 30.1. The Morgan fingerprint density at radius 2 is 1.60 bits per heavy atom. The van der Waals surface area contributed by atoms with Crippen molar-refractivity contribution in [2.45, 2.75) is 13.5 Å². The number of carbonyl (C=O) groups excluding carboxylic acids is 2. The quantitative estimate of drug-likeness (QED) is 0.184. The zero-order chi connectivity index (χ0) is 33.0. The number of hydrogen-bond donors (Lipinski definition) is 2. The van der Waals surface area contributed by atoms with E-state index in [9.17, 15) is 9.59 Å². The molecule has 0 bridgehead atoms. The van der Waals surface area contributed by atoms with Crippen molar-refractivity contribution in [3.05, 3.63) is 138 Å². The molecule has 0 fully saturated rings. The van der Waals surface area contributed by atoms with Crippen molar-refractivity contribution in [2.24, 2.45) is 0 Å². The Kier molecular flexibility index (Phi) is 8.15. The molecule has 7 aromatic rings. The van der Waals surface area contributed by atoms with Crippen LogP contribution in [0.25, 0.3) is 45.2 Å². The van der Waals surface area contributed by atoms with Crippen molar-refractivity contribution >= 4 is 28.9 Å². The Morgan fingerprint density at radius 3 is 2.35 bits per heavy atom. The highest BCUT2D eigenvalue weighted by Gasteiger charge is 2.19. The minimum atomic E-state index is -0.432. The maximum absolute atomic E-state index is 13.0. The van der Waals surface area contributed by atoms with Crippen molar-refractivity contribution < 1.29 is 14.3 Å². The van der Waals surface area contributed by atoms with Gasteiger partial charge in [0.25, 0.3) is 5.91 Å². The third kappa shape index (κ3) is 5.99. The smallest absolute Gasteiger partial charge is 0.341 e. The Bertz CT molecular complexity index is 2240. The molecule has 0 spiro atoms. The number of fused-ring (bicyclic) bond motifs is 1. The summed E-state index contributed by atoms with van der Waals surface area (Å²) in [6.45, 7) is 2.36. The van der Waals surface area contributed by atoms with Crippen LogP contribution in [0.5, 0.6) is 0 Å². The summed E-state index contributed by atoms with van der Waals surface area (Å²) in [5.74, 6) is 0.352. The third-order valence-electron chi connectivity index (χ3n) is 7.79. The van der Waals surface area contributed by atoms with Gasteiger partial charge < -0.3 is 15.8 Å².